The van der Waals surface area contributed by atoms with Gasteiger partial charge in [-0.05, 0) is 57.2 Å². The maximum absolute atomic E-state index is 12.6. The molecule has 1 aromatic rings. The zero-order valence-electron chi connectivity index (χ0n) is 12.0. The summed E-state index contributed by atoms with van der Waals surface area (Å²) in [4.78, 5) is 14.6. The standard InChI is InChI=1S/C16H24N2O/c1-12-5-6-15(13(2)10-12)16(19)18-9-3-4-14(11-18)7-8-17/h5-6,10,14H,3-4,7-9,11,17H2,1-2H3. The highest BCUT2D eigenvalue weighted by Gasteiger charge is 2.24. The van der Waals surface area contributed by atoms with Crippen molar-refractivity contribution in [2.45, 2.75) is 33.1 Å². The van der Waals surface area contributed by atoms with Crippen LogP contribution in [0.3, 0.4) is 0 Å². The maximum atomic E-state index is 12.6. The number of nitrogens with two attached hydrogens (primary N) is 1. The van der Waals surface area contributed by atoms with Gasteiger partial charge >= 0.3 is 0 Å². The summed E-state index contributed by atoms with van der Waals surface area (Å²) >= 11 is 0. The molecule has 2 N–H and O–H groups in total. The Morgan fingerprint density at radius 2 is 2.21 bits per heavy atom. The Morgan fingerprint density at radius 1 is 1.42 bits per heavy atom. The quantitative estimate of drug-likeness (QED) is 0.907. The summed E-state index contributed by atoms with van der Waals surface area (Å²) < 4.78 is 0. The molecule has 1 fully saturated rings. The van der Waals surface area contributed by atoms with Crippen LogP contribution in [0.2, 0.25) is 0 Å². The first-order chi connectivity index (χ1) is 9.11. The summed E-state index contributed by atoms with van der Waals surface area (Å²) in [6.45, 7) is 6.54. The monoisotopic (exact) mass is 260 g/mol. The van der Waals surface area contributed by atoms with E-state index in [9.17, 15) is 4.79 Å². The minimum absolute atomic E-state index is 0.180. The van der Waals surface area contributed by atoms with E-state index in [2.05, 4.69) is 13.0 Å². The third-order valence-corrected chi connectivity index (χ3v) is 3.99. The summed E-state index contributed by atoms with van der Waals surface area (Å²) in [7, 11) is 0. The molecule has 0 bridgehead atoms. The first-order valence-electron chi connectivity index (χ1n) is 7.18. The molecule has 1 saturated heterocycles. The highest BCUT2D eigenvalue weighted by atomic mass is 16.2. The molecule has 0 saturated carbocycles. The van der Waals surface area contributed by atoms with Gasteiger partial charge in [0.25, 0.3) is 5.91 Å². The van der Waals surface area contributed by atoms with Crippen LogP contribution >= 0.6 is 0 Å². The van der Waals surface area contributed by atoms with Crippen LogP contribution in [0.5, 0.6) is 0 Å². The number of benzene rings is 1. The lowest BCUT2D eigenvalue weighted by Gasteiger charge is -2.33. The van der Waals surface area contributed by atoms with Crippen molar-refractivity contribution < 1.29 is 4.79 Å². The fraction of sp³-hybridized carbons (Fsp3) is 0.562. The molecule has 0 radical (unpaired) electrons. The van der Waals surface area contributed by atoms with Crippen LogP contribution in [-0.2, 0) is 0 Å². The minimum Gasteiger partial charge on any atom is -0.338 e. The van der Waals surface area contributed by atoms with Gasteiger partial charge in [0.05, 0.1) is 0 Å². The van der Waals surface area contributed by atoms with Gasteiger partial charge in [-0.1, -0.05) is 17.7 Å². The number of amides is 1. The number of nitrogens with zero attached hydrogens (tertiary/aromatic N) is 1. The topological polar surface area (TPSA) is 46.3 Å². The molecule has 0 spiro atoms. The summed E-state index contributed by atoms with van der Waals surface area (Å²) in [5, 5.41) is 0. The van der Waals surface area contributed by atoms with Gasteiger partial charge in [-0.15, -0.1) is 0 Å². The normalized spacial score (nSPS) is 19.5. The second-order valence-corrected chi connectivity index (χ2v) is 5.66. The predicted octanol–water partition coefficient (Wildman–Crippen LogP) is 2.50. The Kier molecular flexibility index (Phi) is 4.59. The van der Waals surface area contributed by atoms with E-state index in [1.165, 1.54) is 12.0 Å². The number of aryl methyl sites for hydroxylation is 2. The highest BCUT2D eigenvalue weighted by molar-refractivity contribution is 5.95. The molecule has 1 atom stereocenters. The number of hydrogen-bond donors (Lipinski definition) is 1. The lowest BCUT2D eigenvalue weighted by molar-refractivity contribution is 0.0669. The zero-order chi connectivity index (χ0) is 13.8. The predicted molar refractivity (Wildman–Crippen MR) is 78.2 cm³/mol. The van der Waals surface area contributed by atoms with Crippen molar-refractivity contribution in [1.29, 1.82) is 0 Å². The Bertz CT molecular complexity index is 454. The molecule has 19 heavy (non-hydrogen) atoms. The fourth-order valence-electron chi connectivity index (χ4n) is 2.94. The molecule has 0 aromatic heterocycles. The van der Waals surface area contributed by atoms with Crippen LogP contribution in [0.1, 0.15) is 40.7 Å². The average Bonchev–Trinajstić information content (AvgIpc) is 2.39. The molecule has 1 heterocycles. The van der Waals surface area contributed by atoms with Crippen LogP contribution in [0.25, 0.3) is 0 Å². The van der Waals surface area contributed by atoms with Gasteiger partial charge in [-0.3, -0.25) is 4.79 Å². The van der Waals surface area contributed by atoms with Gasteiger partial charge in [0.15, 0.2) is 0 Å². The number of hydrogen-bond acceptors (Lipinski definition) is 2. The molecule has 3 heteroatoms. The molecule has 104 valence electrons. The molecular weight excluding hydrogens is 236 g/mol. The largest absolute Gasteiger partial charge is 0.338 e. The molecule has 3 nitrogen and oxygen atoms in total. The van der Waals surface area contributed by atoms with Gasteiger partial charge < -0.3 is 10.6 Å². The SMILES string of the molecule is Cc1ccc(C(=O)N2CCCC(CCN)C2)c(C)c1. The summed E-state index contributed by atoms with van der Waals surface area (Å²) in [6.07, 6.45) is 3.33. The first kappa shape index (κ1) is 14.1. The van der Waals surface area contributed by atoms with Crippen molar-refractivity contribution in [3.05, 3.63) is 34.9 Å². The molecule has 1 amide bonds. The molecule has 1 unspecified atom stereocenters. The van der Waals surface area contributed by atoms with Gasteiger partial charge in [0.2, 0.25) is 0 Å². The number of carbonyl (C=O) groups is 1. The molecule has 1 aliphatic rings. The van der Waals surface area contributed by atoms with Crippen molar-refractivity contribution in [3.63, 3.8) is 0 Å². The van der Waals surface area contributed by atoms with E-state index >= 15 is 0 Å². The molecule has 0 aliphatic carbocycles. The smallest absolute Gasteiger partial charge is 0.254 e. The van der Waals surface area contributed by atoms with E-state index in [-0.39, 0.29) is 5.91 Å². The Labute approximate surface area is 115 Å². The van der Waals surface area contributed by atoms with Crippen molar-refractivity contribution in [3.8, 4) is 0 Å². The van der Waals surface area contributed by atoms with E-state index in [0.717, 1.165) is 43.6 Å². The Morgan fingerprint density at radius 3 is 2.89 bits per heavy atom. The lowest BCUT2D eigenvalue weighted by Crippen LogP contribution is -2.40. The van der Waals surface area contributed by atoms with Gasteiger partial charge in [0.1, 0.15) is 0 Å². The minimum atomic E-state index is 0.180. The van der Waals surface area contributed by atoms with Gasteiger partial charge in [-0.25, -0.2) is 0 Å². The maximum Gasteiger partial charge on any atom is 0.254 e. The van der Waals surface area contributed by atoms with Crippen LogP contribution in [0, 0.1) is 19.8 Å². The highest BCUT2D eigenvalue weighted by Crippen LogP contribution is 2.22. The fourth-order valence-corrected chi connectivity index (χ4v) is 2.94. The summed E-state index contributed by atoms with van der Waals surface area (Å²) in [6, 6.07) is 6.05. The molecule has 1 aliphatic heterocycles. The summed E-state index contributed by atoms with van der Waals surface area (Å²) in [5.41, 5.74) is 8.75. The molecule has 1 aromatic carbocycles. The van der Waals surface area contributed by atoms with E-state index < -0.39 is 0 Å². The summed E-state index contributed by atoms with van der Waals surface area (Å²) in [5.74, 6) is 0.757. The second-order valence-electron chi connectivity index (χ2n) is 5.66. The van der Waals surface area contributed by atoms with E-state index in [0.29, 0.717) is 5.92 Å². The van der Waals surface area contributed by atoms with E-state index in [1.807, 2.05) is 24.0 Å². The van der Waals surface area contributed by atoms with Crippen LogP contribution < -0.4 is 5.73 Å². The van der Waals surface area contributed by atoms with Crippen molar-refractivity contribution in [1.82, 2.24) is 4.90 Å². The van der Waals surface area contributed by atoms with E-state index in [4.69, 9.17) is 5.73 Å². The lowest BCUT2D eigenvalue weighted by atomic mass is 9.94. The third-order valence-electron chi connectivity index (χ3n) is 3.99. The molecule has 2 rings (SSSR count). The zero-order valence-corrected chi connectivity index (χ0v) is 12.0. The van der Waals surface area contributed by atoms with E-state index in [1.54, 1.807) is 0 Å². The number of carbonyl (C=O) groups excluding carboxylic acids is 1. The average molecular weight is 260 g/mol. The number of piperidine rings is 1. The first-order valence-corrected chi connectivity index (χ1v) is 7.18. The van der Waals surface area contributed by atoms with Crippen LogP contribution in [0.15, 0.2) is 18.2 Å². The number of rotatable bonds is 3. The van der Waals surface area contributed by atoms with Gasteiger partial charge in [-0.2, -0.15) is 0 Å². The van der Waals surface area contributed by atoms with Crippen molar-refractivity contribution in [2.24, 2.45) is 11.7 Å². The number of likely N-dealkylation sites (tertiary alicyclic amines) is 1. The van der Waals surface area contributed by atoms with Crippen LogP contribution in [-0.4, -0.2) is 30.4 Å². The van der Waals surface area contributed by atoms with Crippen LogP contribution in [0.4, 0.5) is 0 Å². The molecular formula is C16H24N2O. The van der Waals surface area contributed by atoms with Crippen molar-refractivity contribution >= 4 is 5.91 Å². The third kappa shape index (κ3) is 3.35. The van der Waals surface area contributed by atoms with Gasteiger partial charge in [0, 0.05) is 18.7 Å². The van der Waals surface area contributed by atoms with Crippen molar-refractivity contribution in [2.75, 3.05) is 19.6 Å². The second kappa shape index (κ2) is 6.20. The Balaban J connectivity index is 2.10. The Hall–Kier alpha value is -1.35.